The lowest BCUT2D eigenvalue weighted by Gasteiger charge is -2.07. The van der Waals surface area contributed by atoms with E-state index in [-0.39, 0.29) is 21.4 Å². The van der Waals surface area contributed by atoms with Crippen molar-refractivity contribution in [1.29, 1.82) is 0 Å². The van der Waals surface area contributed by atoms with Crippen LogP contribution >= 0.6 is 11.6 Å². The second-order valence-electron chi connectivity index (χ2n) is 4.46. The van der Waals surface area contributed by atoms with Crippen LogP contribution in [-0.2, 0) is 16.4 Å². The first kappa shape index (κ1) is 15.5. The third-order valence-corrected chi connectivity index (χ3v) is 4.35. The van der Waals surface area contributed by atoms with Crippen molar-refractivity contribution < 1.29 is 13.2 Å². The monoisotopic (exact) mass is 324 g/mol. The number of benzene rings is 1. The van der Waals surface area contributed by atoms with Crippen molar-refractivity contribution in [3.63, 3.8) is 0 Å². The molecular formula is C14H13ClN2O3S. The van der Waals surface area contributed by atoms with Crippen LogP contribution in [0.3, 0.4) is 0 Å². The third kappa shape index (κ3) is 4.03. The molecule has 5 nitrogen and oxygen atoms in total. The topological polar surface area (TPSA) is 76.1 Å². The fourth-order valence-corrected chi connectivity index (χ4v) is 3.02. The molecular weight excluding hydrogens is 312 g/mol. The van der Waals surface area contributed by atoms with E-state index in [2.05, 4.69) is 10.3 Å². The summed E-state index contributed by atoms with van der Waals surface area (Å²) in [5, 5.41) is 2.79. The second-order valence-corrected chi connectivity index (χ2v) is 6.85. The van der Waals surface area contributed by atoms with Crippen LogP contribution in [0.5, 0.6) is 0 Å². The van der Waals surface area contributed by atoms with Crippen molar-refractivity contribution in [3.05, 3.63) is 58.9 Å². The van der Waals surface area contributed by atoms with Gasteiger partial charge in [0.2, 0.25) is 0 Å². The van der Waals surface area contributed by atoms with Crippen molar-refractivity contribution in [1.82, 2.24) is 10.3 Å². The summed E-state index contributed by atoms with van der Waals surface area (Å²) in [4.78, 5) is 15.9. The van der Waals surface area contributed by atoms with Crippen LogP contribution in [0.15, 0.2) is 47.6 Å². The number of sulfone groups is 1. The molecule has 2 aromatic rings. The number of carbonyl (C=O) groups excluding carboxylic acids is 1. The summed E-state index contributed by atoms with van der Waals surface area (Å²) >= 11 is 5.84. The summed E-state index contributed by atoms with van der Waals surface area (Å²) < 4.78 is 23.2. The minimum atomic E-state index is -3.48. The van der Waals surface area contributed by atoms with Crippen molar-refractivity contribution >= 4 is 27.3 Å². The highest BCUT2D eigenvalue weighted by Gasteiger charge is 2.15. The normalized spacial score (nSPS) is 11.1. The number of rotatable bonds is 4. The van der Waals surface area contributed by atoms with Gasteiger partial charge in [0.25, 0.3) is 5.91 Å². The van der Waals surface area contributed by atoms with E-state index in [9.17, 15) is 13.2 Å². The standard InChI is InChI=1S/C14H13ClN2O3S/c1-21(19,20)13-7-11(4-5-12(13)15)14(18)17-9-10-3-2-6-16-8-10/h2-8H,9H2,1H3,(H,17,18). The average molecular weight is 325 g/mol. The fraction of sp³-hybridized carbons (Fsp3) is 0.143. The number of nitrogens with zero attached hydrogens (tertiary/aromatic N) is 1. The van der Waals surface area contributed by atoms with E-state index < -0.39 is 9.84 Å². The highest BCUT2D eigenvalue weighted by molar-refractivity contribution is 7.90. The van der Waals surface area contributed by atoms with Crippen molar-refractivity contribution in [2.45, 2.75) is 11.4 Å². The molecule has 0 aliphatic carbocycles. The maximum Gasteiger partial charge on any atom is 0.251 e. The zero-order valence-electron chi connectivity index (χ0n) is 11.2. The minimum absolute atomic E-state index is 0.0572. The van der Waals surface area contributed by atoms with E-state index in [1.54, 1.807) is 18.5 Å². The van der Waals surface area contributed by atoms with Gasteiger partial charge >= 0.3 is 0 Å². The number of hydrogen-bond donors (Lipinski definition) is 1. The van der Waals surface area contributed by atoms with Gasteiger partial charge in [0.05, 0.1) is 9.92 Å². The van der Waals surface area contributed by atoms with Gasteiger partial charge in [0.15, 0.2) is 9.84 Å². The molecule has 0 aliphatic heterocycles. The Balaban J connectivity index is 2.17. The lowest BCUT2D eigenvalue weighted by molar-refractivity contribution is 0.0950. The molecule has 21 heavy (non-hydrogen) atoms. The number of aromatic nitrogens is 1. The molecule has 7 heteroatoms. The maximum absolute atomic E-state index is 12.0. The van der Waals surface area contributed by atoms with Gasteiger partial charge in [-0.3, -0.25) is 9.78 Å². The Hall–Kier alpha value is -1.92. The van der Waals surface area contributed by atoms with Crippen LogP contribution in [0.2, 0.25) is 5.02 Å². The number of pyridine rings is 1. The Morgan fingerprint density at radius 1 is 1.33 bits per heavy atom. The minimum Gasteiger partial charge on any atom is -0.348 e. The Morgan fingerprint density at radius 2 is 2.10 bits per heavy atom. The molecule has 0 radical (unpaired) electrons. The predicted molar refractivity (Wildman–Crippen MR) is 80.0 cm³/mol. The summed E-state index contributed by atoms with van der Waals surface area (Å²) in [6, 6.07) is 7.76. The first-order valence-corrected chi connectivity index (χ1v) is 8.31. The fourth-order valence-electron chi connectivity index (χ4n) is 1.72. The van der Waals surface area contributed by atoms with Gasteiger partial charge in [0, 0.05) is 30.8 Å². The zero-order valence-corrected chi connectivity index (χ0v) is 12.8. The number of nitrogens with one attached hydrogen (secondary N) is 1. The van der Waals surface area contributed by atoms with Gasteiger partial charge in [-0.1, -0.05) is 17.7 Å². The lowest BCUT2D eigenvalue weighted by Crippen LogP contribution is -2.23. The largest absolute Gasteiger partial charge is 0.348 e. The van der Waals surface area contributed by atoms with Crippen LogP contribution in [0, 0.1) is 0 Å². The molecule has 0 spiro atoms. The third-order valence-electron chi connectivity index (χ3n) is 2.77. The predicted octanol–water partition coefficient (Wildman–Crippen LogP) is 2.07. The van der Waals surface area contributed by atoms with Gasteiger partial charge in [0.1, 0.15) is 0 Å². The van der Waals surface area contributed by atoms with Crippen molar-refractivity contribution in [3.8, 4) is 0 Å². The van der Waals surface area contributed by atoms with E-state index in [1.165, 1.54) is 18.2 Å². The molecule has 1 aromatic carbocycles. The Kier molecular flexibility index (Phi) is 4.59. The van der Waals surface area contributed by atoms with Gasteiger partial charge in [-0.05, 0) is 29.8 Å². The van der Waals surface area contributed by atoms with Gasteiger partial charge < -0.3 is 5.32 Å². The summed E-state index contributed by atoms with van der Waals surface area (Å²) in [7, 11) is -3.48. The van der Waals surface area contributed by atoms with E-state index in [0.29, 0.717) is 6.54 Å². The van der Waals surface area contributed by atoms with Crippen LogP contribution in [-0.4, -0.2) is 25.6 Å². The molecule has 1 heterocycles. The van der Waals surface area contributed by atoms with E-state index in [1.807, 2.05) is 6.07 Å². The van der Waals surface area contributed by atoms with Crippen LogP contribution in [0.4, 0.5) is 0 Å². The molecule has 0 unspecified atom stereocenters. The van der Waals surface area contributed by atoms with Crippen LogP contribution in [0.25, 0.3) is 0 Å². The molecule has 0 aliphatic rings. The van der Waals surface area contributed by atoms with E-state index >= 15 is 0 Å². The molecule has 0 atom stereocenters. The lowest BCUT2D eigenvalue weighted by atomic mass is 10.2. The van der Waals surface area contributed by atoms with Gasteiger partial charge in [-0.15, -0.1) is 0 Å². The zero-order chi connectivity index (χ0) is 15.5. The molecule has 110 valence electrons. The van der Waals surface area contributed by atoms with Crippen LogP contribution < -0.4 is 5.32 Å². The molecule has 0 bridgehead atoms. The second kappa shape index (κ2) is 6.24. The molecule has 0 saturated carbocycles. The number of carbonyl (C=O) groups is 1. The Bertz CT molecular complexity index is 761. The van der Waals surface area contributed by atoms with Crippen LogP contribution in [0.1, 0.15) is 15.9 Å². The summed E-state index contributed by atoms with van der Waals surface area (Å²) in [5.41, 5.74) is 1.09. The number of amides is 1. The quantitative estimate of drug-likeness (QED) is 0.934. The highest BCUT2D eigenvalue weighted by atomic mass is 35.5. The van der Waals surface area contributed by atoms with E-state index in [4.69, 9.17) is 11.6 Å². The van der Waals surface area contributed by atoms with E-state index in [0.717, 1.165) is 11.8 Å². The first-order chi connectivity index (χ1) is 9.88. The SMILES string of the molecule is CS(=O)(=O)c1cc(C(=O)NCc2cccnc2)ccc1Cl. The van der Waals surface area contributed by atoms with Crippen molar-refractivity contribution in [2.24, 2.45) is 0 Å². The molecule has 1 aromatic heterocycles. The van der Waals surface area contributed by atoms with Gasteiger partial charge in [-0.2, -0.15) is 0 Å². The maximum atomic E-state index is 12.0. The highest BCUT2D eigenvalue weighted by Crippen LogP contribution is 2.22. The Morgan fingerprint density at radius 3 is 2.71 bits per heavy atom. The number of halogens is 1. The molecule has 1 N–H and O–H groups in total. The summed E-state index contributed by atoms with van der Waals surface area (Å²) in [6.45, 7) is 0.309. The molecule has 0 fully saturated rings. The average Bonchev–Trinajstić information content (AvgIpc) is 2.45. The van der Waals surface area contributed by atoms with Crippen molar-refractivity contribution in [2.75, 3.05) is 6.26 Å². The van der Waals surface area contributed by atoms with Gasteiger partial charge in [-0.25, -0.2) is 8.42 Å². The summed E-state index contributed by atoms with van der Waals surface area (Å²) in [5.74, 6) is -0.375. The summed E-state index contributed by atoms with van der Waals surface area (Å²) in [6.07, 6.45) is 4.33. The molecule has 1 amide bonds. The Labute approximate surface area is 127 Å². The first-order valence-electron chi connectivity index (χ1n) is 6.04. The molecule has 2 rings (SSSR count). The molecule has 0 saturated heterocycles. The smallest absolute Gasteiger partial charge is 0.251 e. The number of hydrogen-bond acceptors (Lipinski definition) is 4.